The third-order valence-electron chi connectivity index (χ3n) is 3.87. The van der Waals surface area contributed by atoms with E-state index < -0.39 is 5.91 Å². The Hall–Kier alpha value is -2.89. The molecule has 28 heavy (non-hydrogen) atoms. The van der Waals surface area contributed by atoms with Crippen LogP contribution in [0.4, 0.5) is 11.8 Å². The highest BCUT2D eigenvalue weighted by Crippen LogP contribution is 2.38. The van der Waals surface area contributed by atoms with Gasteiger partial charge in [0.05, 0.1) is 29.4 Å². The number of nitrogens with one attached hydrogen (secondary N) is 2. The van der Waals surface area contributed by atoms with E-state index in [0.717, 1.165) is 14.9 Å². The molecule has 1 amide bonds. The smallest absolute Gasteiger partial charge is 0.274 e. The third kappa shape index (κ3) is 4.32. The van der Waals surface area contributed by atoms with E-state index in [1.54, 1.807) is 7.11 Å². The highest BCUT2D eigenvalue weighted by molar-refractivity contribution is 14.1. The van der Waals surface area contributed by atoms with Crippen molar-refractivity contribution in [3.63, 3.8) is 0 Å². The Labute approximate surface area is 175 Å². The lowest BCUT2D eigenvalue weighted by atomic mass is 10.0. The van der Waals surface area contributed by atoms with Crippen molar-refractivity contribution >= 4 is 40.3 Å². The van der Waals surface area contributed by atoms with Crippen LogP contribution in [-0.4, -0.2) is 33.0 Å². The van der Waals surface area contributed by atoms with Crippen LogP contribution in [-0.2, 0) is 0 Å². The average Bonchev–Trinajstić information content (AvgIpc) is 3.18. The lowest BCUT2D eigenvalue weighted by Gasteiger charge is -2.17. The second-order valence-electron chi connectivity index (χ2n) is 6.14. The SMILES string of the molecule is COc1cc(C(C)C)c(Oc2cnc(N)nc2NC(=O)c2cnc[nH]2)cc1I. The van der Waals surface area contributed by atoms with Gasteiger partial charge in [-0.15, -0.1) is 0 Å². The van der Waals surface area contributed by atoms with Gasteiger partial charge in [0.1, 0.15) is 17.2 Å². The van der Waals surface area contributed by atoms with E-state index in [1.807, 2.05) is 12.1 Å². The normalized spacial score (nSPS) is 10.8. The lowest BCUT2D eigenvalue weighted by molar-refractivity contribution is 0.102. The molecule has 0 atom stereocenters. The van der Waals surface area contributed by atoms with Crippen molar-refractivity contribution in [3.05, 3.63) is 45.7 Å². The monoisotopic (exact) mass is 494 g/mol. The van der Waals surface area contributed by atoms with Crippen LogP contribution < -0.4 is 20.5 Å². The fraction of sp³-hybridized carbons (Fsp3) is 0.222. The summed E-state index contributed by atoms with van der Waals surface area (Å²) >= 11 is 2.17. The standard InChI is InChI=1S/C18H19IN6O3/c1-9(2)10-4-14(27-3)11(19)5-13(10)28-15-7-22-18(20)25-16(15)24-17(26)12-6-21-8-23-12/h4-9H,1-3H3,(H,21,23)(H3,20,22,24,25,26). The van der Waals surface area contributed by atoms with Gasteiger partial charge >= 0.3 is 0 Å². The molecule has 1 aromatic carbocycles. The number of imidazole rings is 1. The number of aromatic nitrogens is 4. The number of methoxy groups -OCH3 is 1. The summed E-state index contributed by atoms with van der Waals surface area (Å²) in [6.07, 6.45) is 4.24. The van der Waals surface area contributed by atoms with Crippen LogP contribution in [0.5, 0.6) is 17.2 Å². The van der Waals surface area contributed by atoms with E-state index in [4.69, 9.17) is 15.2 Å². The van der Waals surface area contributed by atoms with E-state index in [1.165, 1.54) is 18.7 Å². The number of amides is 1. The van der Waals surface area contributed by atoms with Gasteiger partial charge in [0, 0.05) is 5.56 Å². The molecule has 0 fully saturated rings. The summed E-state index contributed by atoms with van der Waals surface area (Å²) in [7, 11) is 1.62. The summed E-state index contributed by atoms with van der Waals surface area (Å²) < 4.78 is 12.4. The molecule has 0 saturated carbocycles. The van der Waals surface area contributed by atoms with Crippen LogP contribution in [0.25, 0.3) is 0 Å². The van der Waals surface area contributed by atoms with Crippen molar-refractivity contribution in [1.82, 2.24) is 19.9 Å². The Balaban J connectivity index is 1.97. The van der Waals surface area contributed by atoms with Gasteiger partial charge < -0.3 is 25.5 Å². The Morgan fingerprint density at radius 1 is 1.25 bits per heavy atom. The van der Waals surface area contributed by atoms with Crippen molar-refractivity contribution < 1.29 is 14.3 Å². The number of halogens is 1. The molecule has 0 saturated heterocycles. The number of benzene rings is 1. The van der Waals surface area contributed by atoms with E-state index in [9.17, 15) is 4.79 Å². The molecule has 0 radical (unpaired) electrons. The molecule has 2 aromatic heterocycles. The number of ether oxygens (including phenoxy) is 2. The largest absolute Gasteiger partial charge is 0.496 e. The number of rotatable bonds is 6. The van der Waals surface area contributed by atoms with Gasteiger partial charge in [0.15, 0.2) is 11.6 Å². The quantitative estimate of drug-likeness (QED) is 0.447. The minimum atomic E-state index is -0.422. The fourth-order valence-electron chi connectivity index (χ4n) is 2.47. The van der Waals surface area contributed by atoms with E-state index >= 15 is 0 Å². The van der Waals surface area contributed by atoms with Gasteiger partial charge in [-0.3, -0.25) is 4.79 Å². The number of nitrogens with two attached hydrogens (primary N) is 1. The molecule has 0 bridgehead atoms. The van der Waals surface area contributed by atoms with Crippen molar-refractivity contribution in [3.8, 4) is 17.2 Å². The van der Waals surface area contributed by atoms with Gasteiger partial charge in [-0.05, 0) is 40.6 Å². The molecular formula is C18H19IN6O3. The van der Waals surface area contributed by atoms with E-state index in [2.05, 4.69) is 61.7 Å². The molecule has 0 aliphatic carbocycles. The number of aromatic amines is 1. The van der Waals surface area contributed by atoms with Crippen molar-refractivity contribution in [2.75, 3.05) is 18.2 Å². The van der Waals surface area contributed by atoms with Crippen molar-refractivity contribution in [1.29, 1.82) is 0 Å². The van der Waals surface area contributed by atoms with Crippen LogP contribution in [0.1, 0.15) is 35.8 Å². The maximum Gasteiger partial charge on any atom is 0.274 e. The van der Waals surface area contributed by atoms with Crippen molar-refractivity contribution in [2.45, 2.75) is 19.8 Å². The number of nitrogen functional groups attached to an aromatic ring is 1. The van der Waals surface area contributed by atoms with Gasteiger partial charge in [0.2, 0.25) is 5.95 Å². The summed E-state index contributed by atoms with van der Waals surface area (Å²) in [4.78, 5) is 27.0. The van der Waals surface area contributed by atoms with E-state index in [-0.39, 0.29) is 29.1 Å². The molecule has 0 spiro atoms. The van der Waals surface area contributed by atoms with Gasteiger partial charge in [0.25, 0.3) is 5.91 Å². The zero-order valence-corrected chi connectivity index (χ0v) is 17.6. The Morgan fingerprint density at radius 3 is 2.68 bits per heavy atom. The Kier molecular flexibility index (Phi) is 5.97. The van der Waals surface area contributed by atoms with Crippen LogP contribution in [0.15, 0.2) is 30.9 Å². The highest BCUT2D eigenvalue weighted by atomic mass is 127. The maximum absolute atomic E-state index is 12.3. The fourth-order valence-corrected chi connectivity index (χ4v) is 3.13. The predicted octanol–water partition coefficient (Wildman–Crippen LogP) is 3.56. The molecule has 0 unspecified atom stereocenters. The first kappa shape index (κ1) is 19.9. The second kappa shape index (κ2) is 8.42. The molecule has 0 aliphatic heterocycles. The Morgan fingerprint density at radius 2 is 2.04 bits per heavy atom. The van der Waals surface area contributed by atoms with Crippen molar-refractivity contribution in [2.24, 2.45) is 0 Å². The summed E-state index contributed by atoms with van der Waals surface area (Å²) in [6.45, 7) is 4.10. The zero-order chi connectivity index (χ0) is 20.3. The molecule has 10 heteroatoms. The number of carbonyl (C=O) groups is 1. The van der Waals surface area contributed by atoms with Crippen LogP contribution >= 0.6 is 22.6 Å². The van der Waals surface area contributed by atoms with Gasteiger partial charge in [-0.2, -0.15) is 4.98 Å². The number of anilines is 2. The third-order valence-corrected chi connectivity index (χ3v) is 4.72. The second-order valence-corrected chi connectivity index (χ2v) is 7.30. The Bertz CT molecular complexity index is 991. The van der Waals surface area contributed by atoms with Gasteiger partial charge in [-0.25, -0.2) is 9.97 Å². The molecule has 146 valence electrons. The number of hydrogen-bond acceptors (Lipinski definition) is 7. The lowest BCUT2D eigenvalue weighted by Crippen LogP contribution is -2.15. The average molecular weight is 494 g/mol. The number of nitrogens with zero attached hydrogens (tertiary/aromatic N) is 3. The minimum Gasteiger partial charge on any atom is -0.496 e. The molecule has 4 N–H and O–H groups in total. The molecule has 2 heterocycles. The maximum atomic E-state index is 12.3. The summed E-state index contributed by atoms with van der Waals surface area (Å²) in [5.74, 6) is 1.58. The number of hydrogen-bond donors (Lipinski definition) is 3. The molecule has 3 rings (SSSR count). The first-order valence-electron chi connectivity index (χ1n) is 8.36. The number of carbonyl (C=O) groups excluding carboxylic acids is 1. The van der Waals surface area contributed by atoms with Crippen LogP contribution in [0.2, 0.25) is 0 Å². The minimum absolute atomic E-state index is 0.0145. The topological polar surface area (TPSA) is 128 Å². The molecule has 3 aromatic rings. The first-order chi connectivity index (χ1) is 13.4. The highest BCUT2D eigenvalue weighted by Gasteiger charge is 2.18. The molecule has 9 nitrogen and oxygen atoms in total. The summed E-state index contributed by atoms with van der Waals surface area (Å²) in [5.41, 5.74) is 6.92. The molecular weight excluding hydrogens is 475 g/mol. The van der Waals surface area contributed by atoms with Crippen LogP contribution in [0, 0.1) is 3.57 Å². The van der Waals surface area contributed by atoms with E-state index in [0.29, 0.717) is 5.75 Å². The summed E-state index contributed by atoms with van der Waals surface area (Å²) in [6, 6.07) is 3.80. The van der Waals surface area contributed by atoms with Crippen LogP contribution in [0.3, 0.4) is 0 Å². The molecule has 0 aliphatic rings. The zero-order valence-electron chi connectivity index (χ0n) is 15.5. The first-order valence-corrected chi connectivity index (χ1v) is 9.44. The number of H-pyrrole nitrogens is 1. The summed E-state index contributed by atoms with van der Waals surface area (Å²) in [5, 5.41) is 2.67. The van der Waals surface area contributed by atoms with Gasteiger partial charge in [-0.1, -0.05) is 13.8 Å². The predicted molar refractivity (Wildman–Crippen MR) is 113 cm³/mol.